The molecule has 1 N–H and O–H groups in total. The summed E-state index contributed by atoms with van der Waals surface area (Å²) in [5.41, 5.74) is 2.24. The average Bonchev–Trinajstić information content (AvgIpc) is 2.49. The van der Waals surface area contributed by atoms with E-state index >= 15 is 0 Å². The normalized spacial score (nSPS) is 16.6. The summed E-state index contributed by atoms with van der Waals surface area (Å²) in [5, 5.41) is 4.17. The van der Waals surface area contributed by atoms with Crippen LogP contribution >= 0.6 is 11.6 Å². The Morgan fingerprint density at radius 2 is 2.14 bits per heavy atom. The first-order valence-corrected chi connectivity index (χ1v) is 8.42. The molecule has 1 aliphatic rings. The van der Waals surface area contributed by atoms with Gasteiger partial charge < -0.3 is 5.32 Å². The van der Waals surface area contributed by atoms with Gasteiger partial charge in [-0.15, -0.1) is 0 Å². The third-order valence-corrected chi connectivity index (χ3v) is 4.29. The Bertz CT molecular complexity index is 484. The van der Waals surface area contributed by atoms with Gasteiger partial charge in [0.05, 0.1) is 0 Å². The van der Waals surface area contributed by atoms with Crippen molar-refractivity contribution in [2.45, 2.75) is 57.9 Å². The van der Waals surface area contributed by atoms with Crippen molar-refractivity contribution in [3.8, 4) is 0 Å². The summed E-state index contributed by atoms with van der Waals surface area (Å²) >= 11 is 6.00. The molecule has 0 radical (unpaired) electrons. The van der Waals surface area contributed by atoms with Crippen molar-refractivity contribution < 1.29 is 4.39 Å². The van der Waals surface area contributed by atoms with E-state index in [-0.39, 0.29) is 5.82 Å². The van der Waals surface area contributed by atoms with E-state index in [4.69, 9.17) is 11.6 Å². The number of benzene rings is 1. The summed E-state index contributed by atoms with van der Waals surface area (Å²) in [5.74, 6) is -0.152. The molecule has 0 saturated heterocycles. The Hall–Kier alpha value is -0.860. The second-order valence-corrected chi connectivity index (χ2v) is 6.34. The van der Waals surface area contributed by atoms with Crippen LogP contribution in [0, 0.1) is 5.82 Å². The van der Waals surface area contributed by atoms with Crippen LogP contribution in [0.25, 0.3) is 0 Å². The molecule has 1 atom stereocenters. The van der Waals surface area contributed by atoms with Gasteiger partial charge in [0.25, 0.3) is 0 Å². The molecule has 0 aromatic heterocycles. The van der Waals surface area contributed by atoms with Crippen molar-refractivity contribution in [3.63, 3.8) is 0 Å². The second-order valence-electron chi connectivity index (χ2n) is 5.90. The van der Waals surface area contributed by atoms with Crippen LogP contribution in [0.4, 0.5) is 4.39 Å². The summed E-state index contributed by atoms with van der Waals surface area (Å²) < 4.78 is 13.9. The molecular formula is C18H25ClFN. The van der Waals surface area contributed by atoms with Crippen molar-refractivity contribution in [1.29, 1.82) is 0 Å². The highest BCUT2D eigenvalue weighted by Gasteiger charge is 2.15. The summed E-state index contributed by atoms with van der Waals surface area (Å²) in [6.45, 7) is 3.13. The Labute approximate surface area is 132 Å². The van der Waals surface area contributed by atoms with Crippen molar-refractivity contribution in [2.75, 3.05) is 6.54 Å². The lowest BCUT2D eigenvalue weighted by atomic mass is 9.91. The van der Waals surface area contributed by atoms with Gasteiger partial charge in [0, 0.05) is 11.1 Å². The minimum Gasteiger partial charge on any atom is -0.313 e. The molecule has 0 aliphatic heterocycles. The van der Waals surface area contributed by atoms with Crippen LogP contribution in [0.15, 0.2) is 29.8 Å². The third-order valence-electron chi connectivity index (χ3n) is 4.05. The van der Waals surface area contributed by atoms with Crippen molar-refractivity contribution in [2.24, 2.45) is 0 Å². The Kier molecular flexibility index (Phi) is 6.72. The molecule has 1 unspecified atom stereocenters. The molecule has 1 aromatic carbocycles. The topological polar surface area (TPSA) is 12.0 Å². The maximum absolute atomic E-state index is 13.9. The molecule has 0 heterocycles. The van der Waals surface area contributed by atoms with Crippen LogP contribution in [0.1, 0.15) is 51.0 Å². The fraction of sp³-hybridized carbons (Fsp3) is 0.556. The maximum atomic E-state index is 13.9. The van der Waals surface area contributed by atoms with E-state index in [1.54, 1.807) is 12.1 Å². The van der Waals surface area contributed by atoms with Gasteiger partial charge in [0.15, 0.2) is 0 Å². The zero-order valence-corrected chi connectivity index (χ0v) is 13.6. The minimum atomic E-state index is -0.152. The summed E-state index contributed by atoms with van der Waals surface area (Å²) in [7, 11) is 0. The van der Waals surface area contributed by atoms with Crippen LogP contribution < -0.4 is 5.32 Å². The van der Waals surface area contributed by atoms with Crippen LogP contribution in [0.3, 0.4) is 0 Å². The highest BCUT2D eigenvalue weighted by molar-refractivity contribution is 6.30. The van der Waals surface area contributed by atoms with E-state index in [0.717, 1.165) is 19.4 Å². The number of halogens is 2. The monoisotopic (exact) mass is 309 g/mol. The molecular weight excluding hydrogens is 285 g/mol. The second kappa shape index (κ2) is 8.55. The van der Waals surface area contributed by atoms with Crippen LogP contribution in [-0.2, 0) is 6.42 Å². The number of allylic oxidation sites excluding steroid dienone is 1. The minimum absolute atomic E-state index is 0.152. The lowest BCUT2D eigenvalue weighted by Gasteiger charge is -2.22. The Morgan fingerprint density at radius 1 is 1.29 bits per heavy atom. The maximum Gasteiger partial charge on any atom is 0.126 e. The van der Waals surface area contributed by atoms with E-state index in [1.807, 2.05) is 0 Å². The Morgan fingerprint density at radius 3 is 2.86 bits per heavy atom. The largest absolute Gasteiger partial charge is 0.313 e. The molecule has 0 bridgehead atoms. The van der Waals surface area contributed by atoms with Gasteiger partial charge in [0.2, 0.25) is 0 Å². The van der Waals surface area contributed by atoms with Crippen LogP contribution in [-0.4, -0.2) is 12.6 Å². The molecule has 2 rings (SSSR count). The molecule has 3 heteroatoms. The summed E-state index contributed by atoms with van der Waals surface area (Å²) in [4.78, 5) is 0. The number of nitrogens with one attached hydrogen (secondary N) is 1. The molecule has 1 nitrogen and oxygen atoms in total. The zero-order chi connectivity index (χ0) is 15.1. The van der Waals surface area contributed by atoms with Gasteiger partial charge in [-0.05, 0) is 75.3 Å². The van der Waals surface area contributed by atoms with Gasteiger partial charge in [0.1, 0.15) is 5.82 Å². The highest BCUT2D eigenvalue weighted by Crippen LogP contribution is 2.24. The fourth-order valence-corrected chi connectivity index (χ4v) is 3.13. The third kappa shape index (κ3) is 5.44. The standard InChI is InChI=1S/C18H25ClFN/c1-2-10-21-17(11-14-6-4-3-5-7-14)13-15-12-16(19)8-9-18(15)20/h6,8-9,12,17,21H,2-5,7,10-11,13H2,1H3. The van der Waals surface area contributed by atoms with E-state index in [2.05, 4.69) is 18.3 Å². The van der Waals surface area contributed by atoms with E-state index < -0.39 is 0 Å². The fourth-order valence-electron chi connectivity index (χ4n) is 2.94. The molecule has 0 saturated carbocycles. The molecule has 0 spiro atoms. The van der Waals surface area contributed by atoms with E-state index in [1.165, 1.54) is 37.3 Å². The van der Waals surface area contributed by atoms with Crippen molar-refractivity contribution in [3.05, 3.63) is 46.3 Å². The quantitative estimate of drug-likeness (QED) is 0.676. The summed E-state index contributed by atoms with van der Waals surface area (Å²) in [6, 6.07) is 5.13. The van der Waals surface area contributed by atoms with Gasteiger partial charge >= 0.3 is 0 Å². The first-order valence-electron chi connectivity index (χ1n) is 8.04. The number of hydrogen-bond acceptors (Lipinski definition) is 1. The Balaban J connectivity index is 2.04. The first-order chi connectivity index (χ1) is 10.2. The van der Waals surface area contributed by atoms with Gasteiger partial charge in [-0.3, -0.25) is 0 Å². The van der Waals surface area contributed by atoms with Gasteiger partial charge in [-0.25, -0.2) is 4.39 Å². The van der Waals surface area contributed by atoms with Gasteiger partial charge in [-0.2, -0.15) is 0 Å². The van der Waals surface area contributed by atoms with E-state index in [0.29, 0.717) is 23.0 Å². The van der Waals surface area contributed by atoms with Crippen LogP contribution in [0.5, 0.6) is 0 Å². The predicted octanol–water partition coefficient (Wildman–Crippen LogP) is 5.28. The average molecular weight is 310 g/mol. The van der Waals surface area contributed by atoms with E-state index in [9.17, 15) is 4.39 Å². The lowest BCUT2D eigenvalue weighted by molar-refractivity contribution is 0.480. The summed E-state index contributed by atoms with van der Waals surface area (Å²) in [6.07, 6.45) is 10.2. The molecule has 0 fully saturated rings. The first kappa shape index (κ1) is 16.5. The lowest BCUT2D eigenvalue weighted by Crippen LogP contribution is -2.32. The van der Waals surface area contributed by atoms with Gasteiger partial charge in [-0.1, -0.05) is 30.2 Å². The zero-order valence-electron chi connectivity index (χ0n) is 12.8. The molecule has 1 aromatic rings. The molecule has 21 heavy (non-hydrogen) atoms. The predicted molar refractivity (Wildman–Crippen MR) is 88.4 cm³/mol. The van der Waals surface area contributed by atoms with Crippen molar-refractivity contribution in [1.82, 2.24) is 5.32 Å². The van der Waals surface area contributed by atoms with Crippen LogP contribution in [0.2, 0.25) is 5.02 Å². The SMILES string of the molecule is CCCNC(CC1=CCCCC1)Cc1cc(Cl)ccc1F. The highest BCUT2D eigenvalue weighted by atomic mass is 35.5. The van der Waals surface area contributed by atoms with Crippen molar-refractivity contribution >= 4 is 11.6 Å². The molecule has 116 valence electrons. The molecule has 0 amide bonds. The molecule has 1 aliphatic carbocycles. The smallest absolute Gasteiger partial charge is 0.126 e. The number of rotatable bonds is 7. The number of hydrogen-bond donors (Lipinski definition) is 1.